The van der Waals surface area contributed by atoms with Gasteiger partial charge >= 0.3 is 0 Å². The van der Waals surface area contributed by atoms with Gasteiger partial charge in [0.05, 0.1) is 15.6 Å². The lowest BCUT2D eigenvalue weighted by Crippen LogP contribution is -2.25. The van der Waals surface area contributed by atoms with Crippen molar-refractivity contribution in [1.82, 2.24) is 5.32 Å². The zero-order valence-corrected chi connectivity index (χ0v) is 16.8. The van der Waals surface area contributed by atoms with Crippen LogP contribution in [-0.4, -0.2) is 20.9 Å². The molecule has 3 aromatic carbocycles. The van der Waals surface area contributed by atoms with E-state index in [4.69, 9.17) is 11.6 Å². The number of rotatable bonds is 7. The highest BCUT2D eigenvalue weighted by atomic mass is 35.5. The van der Waals surface area contributed by atoms with E-state index in [1.54, 1.807) is 36.4 Å². The van der Waals surface area contributed by atoms with E-state index in [1.807, 2.05) is 0 Å². The number of carbonyl (C=O) groups excluding carboxylic acids is 1. The predicted molar refractivity (Wildman–Crippen MR) is 111 cm³/mol. The van der Waals surface area contributed by atoms with Crippen LogP contribution in [0.5, 0.6) is 0 Å². The Morgan fingerprint density at radius 2 is 1.69 bits per heavy atom. The summed E-state index contributed by atoms with van der Waals surface area (Å²) < 4.78 is 40.6. The highest BCUT2D eigenvalue weighted by Gasteiger charge is 2.16. The summed E-state index contributed by atoms with van der Waals surface area (Å²) in [6.45, 7) is 0.330. The molecule has 3 aromatic rings. The summed E-state index contributed by atoms with van der Waals surface area (Å²) in [5.74, 6) is -0.666. The number of carbonyl (C=O) groups is 1. The van der Waals surface area contributed by atoms with Crippen molar-refractivity contribution in [3.05, 3.63) is 94.8 Å². The molecule has 3 rings (SSSR count). The lowest BCUT2D eigenvalue weighted by Gasteiger charge is -2.10. The summed E-state index contributed by atoms with van der Waals surface area (Å²) in [6, 6.07) is 18.2. The molecule has 0 fully saturated rings. The zero-order chi connectivity index (χ0) is 20.9. The number of halogens is 2. The van der Waals surface area contributed by atoms with Crippen molar-refractivity contribution in [3.63, 3.8) is 0 Å². The molecule has 150 valence electrons. The first kappa shape index (κ1) is 20.8. The van der Waals surface area contributed by atoms with Crippen molar-refractivity contribution in [2.75, 3.05) is 11.3 Å². The second-order valence-electron chi connectivity index (χ2n) is 6.25. The molecule has 0 aromatic heterocycles. The van der Waals surface area contributed by atoms with E-state index in [1.165, 1.54) is 36.4 Å². The fourth-order valence-corrected chi connectivity index (χ4v) is 3.97. The molecule has 5 nitrogen and oxygen atoms in total. The van der Waals surface area contributed by atoms with Crippen LogP contribution in [-0.2, 0) is 16.4 Å². The number of hydrogen-bond acceptors (Lipinski definition) is 3. The van der Waals surface area contributed by atoms with Crippen molar-refractivity contribution in [3.8, 4) is 0 Å². The smallest absolute Gasteiger partial charge is 0.261 e. The molecule has 0 aliphatic heterocycles. The first-order chi connectivity index (χ1) is 13.8. The van der Waals surface area contributed by atoms with E-state index in [-0.39, 0.29) is 27.3 Å². The highest BCUT2D eigenvalue weighted by molar-refractivity contribution is 7.92. The van der Waals surface area contributed by atoms with Gasteiger partial charge in [0.2, 0.25) is 0 Å². The van der Waals surface area contributed by atoms with Crippen LogP contribution in [0, 0.1) is 5.82 Å². The van der Waals surface area contributed by atoms with Crippen LogP contribution in [0.2, 0.25) is 5.02 Å². The first-order valence-corrected chi connectivity index (χ1v) is 10.6. The minimum absolute atomic E-state index is 0.00808. The number of hydrogen-bond donors (Lipinski definition) is 2. The van der Waals surface area contributed by atoms with Gasteiger partial charge < -0.3 is 5.32 Å². The van der Waals surface area contributed by atoms with Crippen LogP contribution in [0.1, 0.15) is 15.9 Å². The molecule has 0 saturated heterocycles. The average molecular weight is 433 g/mol. The number of benzene rings is 3. The van der Waals surface area contributed by atoms with Crippen LogP contribution in [0.4, 0.5) is 10.1 Å². The Labute approximate surface area is 173 Å². The van der Waals surface area contributed by atoms with E-state index in [0.717, 1.165) is 5.56 Å². The summed E-state index contributed by atoms with van der Waals surface area (Å²) in [4.78, 5) is 12.2. The molecular formula is C21H18ClFN2O3S. The number of sulfonamides is 1. The molecule has 0 aliphatic rings. The van der Waals surface area contributed by atoms with Gasteiger partial charge in [0, 0.05) is 12.1 Å². The van der Waals surface area contributed by atoms with E-state index >= 15 is 0 Å². The molecule has 0 spiro atoms. The van der Waals surface area contributed by atoms with E-state index in [2.05, 4.69) is 10.0 Å². The Morgan fingerprint density at radius 3 is 2.38 bits per heavy atom. The maximum absolute atomic E-state index is 13.2. The number of nitrogens with one attached hydrogen (secondary N) is 2. The predicted octanol–water partition coefficient (Wildman–Crippen LogP) is 4.25. The van der Waals surface area contributed by atoms with Crippen LogP contribution in [0.15, 0.2) is 77.7 Å². The molecule has 0 unspecified atom stereocenters. The maximum atomic E-state index is 13.2. The summed E-state index contributed by atoms with van der Waals surface area (Å²) in [6.07, 6.45) is 0.484. The molecule has 0 heterocycles. The van der Waals surface area contributed by atoms with Gasteiger partial charge in [-0.15, -0.1) is 0 Å². The Hall–Kier alpha value is -2.90. The average Bonchev–Trinajstić information content (AvgIpc) is 2.70. The van der Waals surface area contributed by atoms with E-state index < -0.39 is 10.0 Å². The molecule has 0 atom stereocenters. The van der Waals surface area contributed by atoms with Gasteiger partial charge in [-0.05, 0) is 60.5 Å². The van der Waals surface area contributed by atoms with Gasteiger partial charge in [0.1, 0.15) is 5.82 Å². The second kappa shape index (κ2) is 9.07. The first-order valence-electron chi connectivity index (χ1n) is 8.75. The van der Waals surface area contributed by atoms with Crippen LogP contribution >= 0.6 is 11.6 Å². The summed E-state index contributed by atoms with van der Waals surface area (Å²) in [7, 11) is -3.84. The molecule has 2 N–H and O–H groups in total. The molecule has 0 saturated carbocycles. The van der Waals surface area contributed by atoms with Crippen LogP contribution in [0.3, 0.4) is 0 Å². The van der Waals surface area contributed by atoms with Crippen molar-refractivity contribution < 1.29 is 17.6 Å². The number of amides is 1. The Bertz CT molecular complexity index is 1120. The highest BCUT2D eigenvalue weighted by Crippen LogP contribution is 2.24. The number of para-hydroxylation sites is 1. The second-order valence-corrected chi connectivity index (χ2v) is 8.34. The van der Waals surface area contributed by atoms with Gasteiger partial charge in [-0.2, -0.15) is 0 Å². The number of anilines is 1. The summed E-state index contributed by atoms with van der Waals surface area (Å²) >= 11 is 5.99. The van der Waals surface area contributed by atoms with Gasteiger partial charge in [0.25, 0.3) is 15.9 Å². The Kier molecular flexibility index (Phi) is 6.51. The van der Waals surface area contributed by atoms with Crippen molar-refractivity contribution in [1.29, 1.82) is 0 Å². The molecule has 0 aliphatic carbocycles. The zero-order valence-electron chi connectivity index (χ0n) is 15.2. The maximum Gasteiger partial charge on any atom is 0.261 e. The van der Waals surface area contributed by atoms with Crippen LogP contribution in [0.25, 0.3) is 0 Å². The minimum Gasteiger partial charge on any atom is -0.352 e. The van der Waals surface area contributed by atoms with Crippen LogP contribution < -0.4 is 10.0 Å². The standard InChI is InChI=1S/C21H18ClFN2O3S/c22-19-6-1-2-7-20(19)25-29(27,28)18-10-8-16(9-11-18)21(26)24-13-12-15-4-3-5-17(23)14-15/h1-11,14,25H,12-13H2,(H,24,26). The topological polar surface area (TPSA) is 75.3 Å². The monoisotopic (exact) mass is 432 g/mol. The van der Waals surface area contributed by atoms with Gasteiger partial charge in [-0.25, -0.2) is 12.8 Å². The Balaban J connectivity index is 1.61. The van der Waals surface area contributed by atoms with Gasteiger partial charge in [-0.1, -0.05) is 35.9 Å². The minimum atomic E-state index is -3.84. The fraction of sp³-hybridized carbons (Fsp3) is 0.0952. The third-order valence-corrected chi connectivity index (χ3v) is 5.84. The molecule has 8 heteroatoms. The van der Waals surface area contributed by atoms with Gasteiger partial charge in [-0.3, -0.25) is 9.52 Å². The van der Waals surface area contributed by atoms with Gasteiger partial charge in [0.15, 0.2) is 0 Å². The van der Waals surface area contributed by atoms with E-state index in [0.29, 0.717) is 18.5 Å². The van der Waals surface area contributed by atoms with Crippen molar-refractivity contribution in [2.45, 2.75) is 11.3 Å². The lowest BCUT2D eigenvalue weighted by molar-refractivity contribution is 0.0954. The molecule has 0 radical (unpaired) electrons. The summed E-state index contributed by atoms with van der Waals surface area (Å²) in [5.41, 5.74) is 1.37. The quantitative estimate of drug-likeness (QED) is 0.586. The third kappa shape index (κ3) is 5.56. The molecule has 29 heavy (non-hydrogen) atoms. The molecule has 0 bridgehead atoms. The third-order valence-electron chi connectivity index (χ3n) is 4.13. The summed E-state index contributed by atoms with van der Waals surface area (Å²) in [5, 5.41) is 3.01. The molecular weight excluding hydrogens is 415 g/mol. The normalized spacial score (nSPS) is 11.1. The molecule has 1 amide bonds. The van der Waals surface area contributed by atoms with Crippen molar-refractivity contribution in [2.24, 2.45) is 0 Å². The Morgan fingerprint density at radius 1 is 0.966 bits per heavy atom. The SMILES string of the molecule is O=C(NCCc1cccc(F)c1)c1ccc(S(=O)(=O)Nc2ccccc2Cl)cc1. The largest absolute Gasteiger partial charge is 0.352 e. The van der Waals surface area contributed by atoms with E-state index in [9.17, 15) is 17.6 Å². The van der Waals surface area contributed by atoms with Crippen molar-refractivity contribution >= 4 is 33.2 Å². The lowest BCUT2D eigenvalue weighted by atomic mass is 10.1. The fourth-order valence-electron chi connectivity index (χ4n) is 2.65.